The maximum atomic E-state index is 13.4. The van der Waals surface area contributed by atoms with E-state index < -0.39 is 32.1 Å². The van der Waals surface area contributed by atoms with Crippen molar-refractivity contribution < 1.29 is 26.4 Å². The first-order valence-electron chi connectivity index (χ1n) is 9.77. The van der Waals surface area contributed by atoms with Gasteiger partial charge in [0.2, 0.25) is 10.0 Å². The lowest BCUT2D eigenvalue weighted by atomic mass is 10.2. The van der Waals surface area contributed by atoms with E-state index in [4.69, 9.17) is 4.74 Å². The number of hydrogen-bond acceptors (Lipinski definition) is 6. The number of hydrogen-bond donors (Lipinski definition) is 1. The van der Waals surface area contributed by atoms with Crippen molar-refractivity contribution in [2.75, 3.05) is 31.0 Å². The van der Waals surface area contributed by atoms with Crippen molar-refractivity contribution in [3.63, 3.8) is 0 Å². The molecule has 1 amide bonds. The van der Waals surface area contributed by atoms with Gasteiger partial charge in [0.15, 0.2) is 6.10 Å². The average Bonchev–Trinajstić information content (AvgIpc) is 2.78. The third-order valence-corrected chi connectivity index (χ3v) is 8.89. The molecule has 1 N–H and O–H groups in total. The summed E-state index contributed by atoms with van der Waals surface area (Å²) in [6.45, 7) is 3.88. The number of nitrogens with one attached hydrogen (secondary N) is 1. The van der Waals surface area contributed by atoms with Gasteiger partial charge in [-0.3, -0.25) is 9.10 Å². The van der Waals surface area contributed by atoms with Crippen LogP contribution in [0.4, 0.5) is 5.69 Å². The molecule has 0 aromatic heterocycles. The minimum absolute atomic E-state index is 0.0146. The zero-order valence-corrected chi connectivity index (χ0v) is 19.1. The molecule has 1 unspecified atom stereocenters. The Bertz CT molecular complexity index is 1160. The predicted octanol–water partition coefficient (Wildman–Crippen LogP) is 1.42. The van der Waals surface area contributed by atoms with E-state index in [2.05, 4.69) is 5.32 Å². The maximum Gasteiger partial charge on any atom is 0.264 e. The number of anilines is 1. The highest BCUT2D eigenvalue weighted by molar-refractivity contribution is 7.93. The van der Waals surface area contributed by atoms with Crippen LogP contribution in [-0.2, 0) is 24.8 Å². The summed E-state index contributed by atoms with van der Waals surface area (Å²) in [5.41, 5.74) is 0.308. The SMILES string of the molecule is CCN(CC)S(=O)(=O)c1ccc(S(=O)(=O)N2CC(C(=O)NC)Oc3ccccc32)cc1. The number of sulfonamides is 2. The second-order valence-corrected chi connectivity index (χ2v) is 10.6. The molecule has 1 atom stereocenters. The lowest BCUT2D eigenvalue weighted by Gasteiger charge is -2.34. The monoisotopic (exact) mass is 467 g/mol. The van der Waals surface area contributed by atoms with Gasteiger partial charge in [-0.15, -0.1) is 0 Å². The highest BCUT2D eigenvalue weighted by atomic mass is 32.2. The van der Waals surface area contributed by atoms with Crippen LogP contribution in [-0.4, -0.2) is 59.8 Å². The van der Waals surface area contributed by atoms with Gasteiger partial charge in [-0.05, 0) is 36.4 Å². The Morgan fingerprint density at radius 1 is 1.03 bits per heavy atom. The first kappa shape index (κ1) is 23.0. The minimum atomic E-state index is -4.08. The summed E-state index contributed by atoms with van der Waals surface area (Å²) in [5, 5.41) is 2.47. The van der Waals surface area contributed by atoms with E-state index in [1.807, 2.05) is 0 Å². The molecule has 0 fully saturated rings. The highest BCUT2D eigenvalue weighted by Crippen LogP contribution is 2.37. The molecule has 168 valence electrons. The molecule has 2 aromatic rings. The van der Waals surface area contributed by atoms with Crippen molar-refractivity contribution in [3.05, 3.63) is 48.5 Å². The van der Waals surface area contributed by atoms with Gasteiger partial charge >= 0.3 is 0 Å². The molecule has 0 aliphatic carbocycles. The summed E-state index contributed by atoms with van der Waals surface area (Å²) in [7, 11) is -6.34. The van der Waals surface area contributed by atoms with Gasteiger partial charge in [0.05, 0.1) is 22.0 Å². The zero-order valence-electron chi connectivity index (χ0n) is 17.5. The molecule has 1 aliphatic rings. The molecule has 0 saturated carbocycles. The van der Waals surface area contributed by atoms with Crippen LogP contribution in [0, 0.1) is 0 Å². The second-order valence-electron chi connectivity index (χ2n) is 6.79. The Morgan fingerprint density at radius 3 is 2.19 bits per heavy atom. The lowest BCUT2D eigenvalue weighted by Crippen LogP contribution is -2.50. The average molecular weight is 468 g/mol. The van der Waals surface area contributed by atoms with Crippen molar-refractivity contribution in [2.45, 2.75) is 29.7 Å². The van der Waals surface area contributed by atoms with Crippen molar-refractivity contribution in [1.82, 2.24) is 9.62 Å². The first-order valence-corrected chi connectivity index (χ1v) is 12.6. The molecule has 0 radical (unpaired) electrons. The van der Waals surface area contributed by atoms with Gasteiger partial charge < -0.3 is 10.1 Å². The van der Waals surface area contributed by atoms with Crippen LogP contribution < -0.4 is 14.4 Å². The van der Waals surface area contributed by atoms with E-state index >= 15 is 0 Å². The number of carbonyl (C=O) groups is 1. The topological polar surface area (TPSA) is 113 Å². The number of ether oxygens (including phenoxy) is 1. The van der Waals surface area contributed by atoms with Crippen LogP contribution in [0.3, 0.4) is 0 Å². The maximum absolute atomic E-state index is 13.4. The van der Waals surface area contributed by atoms with Crippen molar-refractivity contribution >= 4 is 31.6 Å². The Kier molecular flexibility index (Phi) is 6.58. The van der Waals surface area contributed by atoms with Gasteiger partial charge in [-0.2, -0.15) is 4.31 Å². The molecule has 9 nitrogen and oxygen atoms in total. The molecule has 1 heterocycles. The Balaban J connectivity index is 2.00. The summed E-state index contributed by atoms with van der Waals surface area (Å²) < 4.78 is 60.2. The summed E-state index contributed by atoms with van der Waals surface area (Å²) in [5.74, 6) is -0.179. The third kappa shape index (κ3) is 4.25. The molecule has 2 aromatic carbocycles. The Labute approximate surface area is 182 Å². The third-order valence-electron chi connectivity index (χ3n) is 5.03. The predicted molar refractivity (Wildman–Crippen MR) is 116 cm³/mol. The van der Waals surface area contributed by atoms with Gasteiger partial charge in [0.25, 0.3) is 15.9 Å². The van der Waals surface area contributed by atoms with Crippen molar-refractivity contribution in [1.29, 1.82) is 0 Å². The fourth-order valence-corrected chi connectivity index (χ4v) is 6.28. The van der Waals surface area contributed by atoms with Crippen molar-refractivity contribution in [3.8, 4) is 5.75 Å². The van der Waals surface area contributed by atoms with E-state index in [1.165, 1.54) is 35.6 Å². The Morgan fingerprint density at radius 2 is 1.61 bits per heavy atom. The van der Waals surface area contributed by atoms with Crippen LogP contribution in [0.15, 0.2) is 58.3 Å². The molecule has 3 rings (SSSR count). The normalized spacial score (nSPS) is 16.5. The number of para-hydroxylation sites is 2. The van der Waals surface area contributed by atoms with E-state index in [-0.39, 0.29) is 22.1 Å². The second kappa shape index (κ2) is 8.85. The first-order chi connectivity index (χ1) is 14.7. The fraction of sp³-hybridized carbons (Fsp3) is 0.350. The summed E-state index contributed by atoms with van der Waals surface area (Å²) in [6.07, 6.45) is -1.02. The molecular formula is C20H25N3O6S2. The number of benzene rings is 2. The van der Waals surface area contributed by atoms with Crippen LogP contribution in [0.25, 0.3) is 0 Å². The summed E-state index contributed by atoms with van der Waals surface area (Å²) in [4.78, 5) is 12.1. The molecule has 0 spiro atoms. The standard InChI is InChI=1S/C20H25N3O6S2/c1-4-22(5-2)30(25,26)15-10-12-16(13-11-15)31(27,28)23-14-19(20(24)21-3)29-18-9-7-6-8-17(18)23/h6-13,19H,4-5,14H2,1-3H3,(H,21,24). The number of carbonyl (C=O) groups excluding carboxylic acids is 1. The van der Waals surface area contributed by atoms with Gasteiger partial charge in [0.1, 0.15) is 5.75 Å². The smallest absolute Gasteiger partial charge is 0.264 e. The zero-order chi connectivity index (χ0) is 22.8. The quantitative estimate of drug-likeness (QED) is 0.659. The van der Waals surface area contributed by atoms with E-state index in [0.717, 1.165) is 4.31 Å². The minimum Gasteiger partial charge on any atom is -0.476 e. The van der Waals surface area contributed by atoms with Crippen LogP contribution in [0.1, 0.15) is 13.8 Å². The largest absolute Gasteiger partial charge is 0.476 e. The summed E-state index contributed by atoms with van der Waals surface area (Å²) in [6, 6.07) is 11.6. The summed E-state index contributed by atoms with van der Waals surface area (Å²) >= 11 is 0. The number of rotatable bonds is 7. The number of likely N-dealkylation sites (N-methyl/N-ethyl adjacent to an activating group) is 1. The van der Waals surface area contributed by atoms with E-state index in [1.54, 1.807) is 38.1 Å². The Hall–Kier alpha value is -2.63. The number of amides is 1. The van der Waals surface area contributed by atoms with E-state index in [0.29, 0.717) is 18.8 Å². The molecule has 0 bridgehead atoms. The molecule has 31 heavy (non-hydrogen) atoms. The van der Waals surface area contributed by atoms with Crippen LogP contribution in [0.5, 0.6) is 5.75 Å². The van der Waals surface area contributed by atoms with Crippen molar-refractivity contribution in [2.24, 2.45) is 0 Å². The number of nitrogens with zero attached hydrogens (tertiary/aromatic N) is 2. The lowest BCUT2D eigenvalue weighted by molar-refractivity contribution is -0.127. The molecule has 1 aliphatic heterocycles. The van der Waals surface area contributed by atoms with Crippen LogP contribution in [0.2, 0.25) is 0 Å². The molecule has 11 heteroatoms. The highest BCUT2D eigenvalue weighted by Gasteiger charge is 2.37. The van der Waals surface area contributed by atoms with E-state index in [9.17, 15) is 21.6 Å². The van der Waals surface area contributed by atoms with Gasteiger partial charge in [-0.1, -0.05) is 26.0 Å². The molecule has 0 saturated heterocycles. The number of fused-ring (bicyclic) bond motifs is 1. The van der Waals surface area contributed by atoms with Gasteiger partial charge in [0, 0.05) is 20.1 Å². The fourth-order valence-electron chi connectivity index (χ4n) is 3.35. The molecular weight excluding hydrogens is 442 g/mol. The van der Waals surface area contributed by atoms with Crippen LogP contribution >= 0.6 is 0 Å². The van der Waals surface area contributed by atoms with Gasteiger partial charge in [-0.25, -0.2) is 16.8 Å².